The van der Waals surface area contributed by atoms with Crippen LogP contribution in [0.4, 0.5) is 4.79 Å². The van der Waals surface area contributed by atoms with Gasteiger partial charge < -0.3 is 15.0 Å². The number of ether oxygens (including phenoxy) is 1. The summed E-state index contributed by atoms with van der Waals surface area (Å²) < 4.78 is 5.10. The van der Waals surface area contributed by atoms with Gasteiger partial charge >= 0.3 is 6.03 Å². The average molecular weight is 275 g/mol. The number of urea groups is 1. The van der Waals surface area contributed by atoms with Crippen molar-refractivity contribution in [3.8, 4) is 5.75 Å². The second-order valence-electron chi connectivity index (χ2n) is 4.72. The second-order valence-corrected chi connectivity index (χ2v) is 4.72. The molecule has 1 aromatic rings. The molecular weight excluding hydrogens is 262 g/mol. The molecule has 3 rings (SSSR count). The van der Waals surface area contributed by atoms with Gasteiger partial charge in [-0.25, -0.2) is 4.79 Å². The number of benzene rings is 1. The summed E-state index contributed by atoms with van der Waals surface area (Å²) in [5.41, 5.74) is 1.47. The number of hydrogen-bond acceptors (Lipinski definition) is 4. The summed E-state index contributed by atoms with van der Waals surface area (Å²) >= 11 is 0. The second kappa shape index (κ2) is 4.52. The normalized spacial score (nSPS) is 20.8. The molecule has 2 N–H and O–H groups in total. The molecule has 1 atom stereocenters. The Labute approximate surface area is 114 Å². The van der Waals surface area contributed by atoms with E-state index in [1.54, 1.807) is 17.0 Å². The topological polar surface area (TPSA) is 87.7 Å². The van der Waals surface area contributed by atoms with Crippen LogP contribution in [0.3, 0.4) is 0 Å². The number of rotatable bonds is 3. The first-order valence-corrected chi connectivity index (χ1v) is 6.16. The average Bonchev–Trinajstić information content (AvgIpc) is 2.91. The molecule has 4 amide bonds. The number of nitrogens with zero attached hydrogens (tertiary/aromatic N) is 1. The third-order valence-electron chi connectivity index (χ3n) is 3.46. The molecule has 0 bridgehead atoms. The fraction of sp³-hybridized carbons (Fsp3) is 0.308. The van der Waals surface area contributed by atoms with E-state index in [0.717, 1.165) is 5.56 Å². The molecular formula is C13H13N3O4. The van der Waals surface area contributed by atoms with Crippen LogP contribution in [-0.4, -0.2) is 42.4 Å². The minimum Gasteiger partial charge on any atom is -0.497 e. The van der Waals surface area contributed by atoms with Crippen molar-refractivity contribution < 1.29 is 19.1 Å². The monoisotopic (exact) mass is 275 g/mol. The van der Waals surface area contributed by atoms with E-state index in [2.05, 4.69) is 10.6 Å². The van der Waals surface area contributed by atoms with Crippen LogP contribution in [0.25, 0.3) is 0 Å². The van der Waals surface area contributed by atoms with E-state index in [0.29, 0.717) is 17.9 Å². The van der Waals surface area contributed by atoms with Crippen molar-refractivity contribution in [2.45, 2.75) is 12.6 Å². The van der Waals surface area contributed by atoms with Gasteiger partial charge in [-0.15, -0.1) is 0 Å². The standard InChI is InChI=1S/C13H13N3O4/c1-20-8-3-2-7-5-16(12(18)9(7)4-8)6-10-11(17)15-13(19)14-10/h2-4,10H,5-6H2,1H3,(H2,14,15,17,19). The van der Waals surface area contributed by atoms with Gasteiger partial charge in [-0.3, -0.25) is 14.9 Å². The van der Waals surface area contributed by atoms with Gasteiger partial charge in [0.15, 0.2) is 0 Å². The van der Waals surface area contributed by atoms with Crippen LogP contribution in [0.2, 0.25) is 0 Å². The molecule has 2 aliphatic rings. The number of methoxy groups -OCH3 is 1. The van der Waals surface area contributed by atoms with Gasteiger partial charge in [0.1, 0.15) is 11.8 Å². The predicted octanol–water partition coefficient (Wildman–Crippen LogP) is -0.141. The molecule has 1 aromatic carbocycles. The summed E-state index contributed by atoms with van der Waals surface area (Å²) in [7, 11) is 1.54. The number of imide groups is 1. The van der Waals surface area contributed by atoms with Crippen molar-refractivity contribution in [3.05, 3.63) is 29.3 Å². The lowest BCUT2D eigenvalue weighted by molar-refractivity contribution is -0.120. The summed E-state index contributed by atoms with van der Waals surface area (Å²) in [5, 5.41) is 4.63. The first-order valence-electron chi connectivity index (χ1n) is 6.16. The molecule has 104 valence electrons. The first kappa shape index (κ1) is 12.5. The number of carbonyl (C=O) groups is 3. The fourth-order valence-electron chi connectivity index (χ4n) is 2.42. The molecule has 1 unspecified atom stereocenters. The highest BCUT2D eigenvalue weighted by molar-refractivity contribution is 6.05. The Kier molecular flexibility index (Phi) is 2.81. The molecule has 0 aromatic heterocycles. The third-order valence-corrected chi connectivity index (χ3v) is 3.46. The van der Waals surface area contributed by atoms with Crippen molar-refractivity contribution >= 4 is 17.8 Å². The van der Waals surface area contributed by atoms with Gasteiger partial charge in [0.2, 0.25) is 0 Å². The molecule has 0 aliphatic carbocycles. The molecule has 2 heterocycles. The number of fused-ring (bicyclic) bond motifs is 1. The first-order chi connectivity index (χ1) is 9.58. The SMILES string of the molecule is COc1ccc2c(c1)C(=O)N(CC1NC(=O)NC1=O)C2. The van der Waals surface area contributed by atoms with Gasteiger partial charge in [-0.2, -0.15) is 0 Å². The van der Waals surface area contributed by atoms with Gasteiger partial charge in [-0.05, 0) is 17.7 Å². The predicted molar refractivity (Wildman–Crippen MR) is 68.2 cm³/mol. The Morgan fingerprint density at radius 1 is 1.35 bits per heavy atom. The Bertz CT molecular complexity index is 614. The van der Waals surface area contributed by atoms with Crippen LogP contribution in [0.1, 0.15) is 15.9 Å². The van der Waals surface area contributed by atoms with Crippen LogP contribution < -0.4 is 15.4 Å². The zero-order chi connectivity index (χ0) is 14.3. The van der Waals surface area contributed by atoms with Crippen molar-refractivity contribution in [1.82, 2.24) is 15.5 Å². The van der Waals surface area contributed by atoms with E-state index in [1.165, 1.54) is 7.11 Å². The van der Waals surface area contributed by atoms with E-state index in [-0.39, 0.29) is 12.5 Å². The lowest BCUT2D eigenvalue weighted by atomic mass is 10.1. The summed E-state index contributed by atoms with van der Waals surface area (Å²) in [6.07, 6.45) is 0. The van der Waals surface area contributed by atoms with E-state index in [9.17, 15) is 14.4 Å². The highest BCUT2D eigenvalue weighted by Crippen LogP contribution is 2.26. The van der Waals surface area contributed by atoms with Crippen molar-refractivity contribution in [1.29, 1.82) is 0 Å². The highest BCUT2D eigenvalue weighted by Gasteiger charge is 2.35. The molecule has 7 heteroatoms. The highest BCUT2D eigenvalue weighted by atomic mass is 16.5. The van der Waals surface area contributed by atoms with Crippen LogP contribution in [0.15, 0.2) is 18.2 Å². The van der Waals surface area contributed by atoms with Gasteiger partial charge in [-0.1, -0.05) is 6.07 Å². The minimum atomic E-state index is -0.692. The summed E-state index contributed by atoms with van der Waals surface area (Å²) in [4.78, 5) is 36.4. The zero-order valence-electron chi connectivity index (χ0n) is 10.8. The Morgan fingerprint density at radius 3 is 2.80 bits per heavy atom. The van der Waals surface area contributed by atoms with E-state index >= 15 is 0 Å². The molecule has 0 radical (unpaired) electrons. The van der Waals surface area contributed by atoms with Crippen LogP contribution in [0, 0.1) is 0 Å². The Balaban J connectivity index is 1.77. The molecule has 1 saturated heterocycles. The third kappa shape index (κ3) is 1.97. The van der Waals surface area contributed by atoms with Gasteiger partial charge in [0.25, 0.3) is 11.8 Å². The zero-order valence-corrected chi connectivity index (χ0v) is 10.8. The lowest BCUT2D eigenvalue weighted by Crippen LogP contribution is -2.42. The molecule has 2 aliphatic heterocycles. The van der Waals surface area contributed by atoms with E-state index < -0.39 is 18.0 Å². The van der Waals surface area contributed by atoms with Crippen LogP contribution in [0.5, 0.6) is 5.75 Å². The maximum absolute atomic E-state index is 12.3. The number of amides is 4. The number of carbonyl (C=O) groups excluding carboxylic acids is 3. The minimum absolute atomic E-state index is 0.159. The van der Waals surface area contributed by atoms with Gasteiger partial charge in [0, 0.05) is 12.1 Å². The smallest absolute Gasteiger partial charge is 0.322 e. The van der Waals surface area contributed by atoms with Crippen LogP contribution >= 0.6 is 0 Å². The van der Waals surface area contributed by atoms with E-state index in [4.69, 9.17) is 4.74 Å². The summed E-state index contributed by atoms with van der Waals surface area (Å²) in [6.45, 7) is 0.589. The Morgan fingerprint density at radius 2 is 2.15 bits per heavy atom. The molecule has 1 fully saturated rings. The lowest BCUT2D eigenvalue weighted by Gasteiger charge is -2.18. The maximum atomic E-state index is 12.3. The van der Waals surface area contributed by atoms with Crippen molar-refractivity contribution in [2.24, 2.45) is 0 Å². The molecule has 0 spiro atoms. The molecule has 0 saturated carbocycles. The number of nitrogens with one attached hydrogen (secondary N) is 2. The fourth-order valence-corrected chi connectivity index (χ4v) is 2.42. The number of hydrogen-bond donors (Lipinski definition) is 2. The quantitative estimate of drug-likeness (QED) is 0.751. The summed E-state index contributed by atoms with van der Waals surface area (Å²) in [5.74, 6) is 0.0510. The molecule has 20 heavy (non-hydrogen) atoms. The Hall–Kier alpha value is -2.57. The summed E-state index contributed by atoms with van der Waals surface area (Å²) in [6, 6.07) is 4.10. The van der Waals surface area contributed by atoms with Crippen molar-refractivity contribution in [3.63, 3.8) is 0 Å². The largest absolute Gasteiger partial charge is 0.497 e. The van der Waals surface area contributed by atoms with Crippen LogP contribution in [-0.2, 0) is 11.3 Å². The van der Waals surface area contributed by atoms with Gasteiger partial charge in [0.05, 0.1) is 13.7 Å². The maximum Gasteiger partial charge on any atom is 0.322 e. The molecule has 7 nitrogen and oxygen atoms in total. The van der Waals surface area contributed by atoms with Crippen molar-refractivity contribution in [2.75, 3.05) is 13.7 Å². The van der Waals surface area contributed by atoms with E-state index in [1.807, 2.05) is 6.07 Å².